The van der Waals surface area contributed by atoms with E-state index in [9.17, 15) is 0 Å². The molecule has 1 aliphatic carbocycles. The maximum Gasteiger partial charge on any atom is 0.298 e. The Morgan fingerprint density at radius 2 is 1.95 bits per heavy atom. The van der Waals surface area contributed by atoms with E-state index in [1.165, 1.54) is 25.7 Å². The van der Waals surface area contributed by atoms with Gasteiger partial charge in [-0.2, -0.15) is 4.98 Å². The minimum atomic E-state index is 0.540. The van der Waals surface area contributed by atoms with Crippen molar-refractivity contribution in [1.29, 1.82) is 0 Å². The predicted octanol–water partition coefficient (Wildman–Crippen LogP) is 2.79. The van der Waals surface area contributed by atoms with Gasteiger partial charge in [-0.05, 0) is 44.9 Å². The first-order valence-electron chi connectivity index (χ1n) is 7.03. The number of hydrogen-bond acceptors (Lipinski definition) is 4. The van der Waals surface area contributed by atoms with Crippen molar-refractivity contribution in [2.45, 2.75) is 37.8 Å². The van der Waals surface area contributed by atoms with Crippen LogP contribution in [0.3, 0.4) is 0 Å². The lowest BCUT2D eigenvalue weighted by molar-refractivity contribution is 0.343. The molecule has 4 nitrogen and oxygen atoms in total. The molecule has 102 valence electrons. The third-order valence-electron chi connectivity index (χ3n) is 4.24. The van der Waals surface area contributed by atoms with Crippen molar-refractivity contribution in [1.82, 2.24) is 10.3 Å². The second-order valence-electron chi connectivity index (χ2n) is 5.37. The van der Waals surface area contributed by atoms with E-state index in [0.717, 1.165) is 17.1 Å². The van der Waals surface area contributed by atoms with Crippen molar-refractivity contribution < 1.29 is 4.42 Å². The number of nitrogens with zero attached hydrogens (tertiary/aromatic N) is 2. The highest BCUT2D eigenvalue weighted by Gasteiger charge is 2.25. The van der Waals surface area contributed by atoms with Gasteiger partial charge < -0.3 is 14.6 Å². The summed E-state index contributed by atoms with van der Waals surface area (Å²) in [5.74, 6) is 0. The van der Waals surface area contributed by atoms with Gasteiger partial charge in [0, 0.05) is 19.1 Å². The molecule has 1 N–H and O–H groups in total. The van der Waals surface area contributed by atoms with E-state index in [1.54, 1.807) is 0 Å². The van der Waals surface area contributed by atoms with Crippen LogP contribution >= 0.6 is 0 Å². The molecular weight excluding hydrogens is 238 g/mol. The number of rotatable bonds is 3. The zero-order chi connectivity index (χ0) is 13.2. The van der Waals surface area contributed by atoms with E-state index in [2.05, 4.69) is 29.3 Å². The summed E-state index contributed by atoms with van der Waals surface area (Å²) in [6.45, 7) is 0. The molecule has 19 heavy (non-hydrogen) atoms. The molecule has 1 aromatic heterocycles. The molecule has 1 aliphatic rings. The Hall–Kier alpha value is -1.55. The number of hydrogen-bond donors (Lipinski definition) is 1. The topological polar surface area (TPSA) is 41.3 Å². The molecule has 0 unspecified atom stereocenters. The molecule has 2 aromatic rings. The summed E-state index contributed by atoms with van der Waals surface area (Å²) in [7, 11) is 4.14. The van der Waals surface area contributed by atoms with Crippen LogP contribution in [0.5, 0.6) is 0 Å². The van der Waals surface area contributed by atoms with Gasteiger partial charge >= 0.3 is 0 Å². The van der Waals surface area contributed by atoms with Crippen LogP contribution in [-0.2, 0) is 0 Å². The van der Waals surface area contributed by atoms with Gasteiger partial charge in [-0.1, -0.05) is 12.1 Å². The molecule has 1 fully saturated rings. The molecule has 1 heterocycles. The average Bonchev–Trinajstić information content (AvgIpc) is 2.90. The van der Waals surface area contributed by atoms with E-state index in [4.69, 9.17) is 4.42 Å². The summed E-state index contributed by atoms with van der Waals surface area (Å²) in [6, 6.07) is 9.90. The van der Waals surface area contributed by atoms with Crippen LogP contribution in [-0.4, -0.2) is 31.2 Å². The monoisotopic (exact) mass is 259 g/mol. The number of aromatic nitrogens is 1. The fourth-order valence-electron chi connectivity index (χ4n) is 2.92. The molecule has 0 atom stereocenters. The molecule has 0 saturated heterocycles. The summed E-state index contributed by atoms with van der Waals surface area (Å²) < 4.78 is 5.84. The highest BCUT2D eigenvalue weighted by atomic mass is 16.4. The van der Waals surface area contributed by atoms with E-state index in [0.29, 0.717) is 12.1 Å². The molecule has 1 aromatic carbocycles. The first-order chi connectivity index (χ1) is 9.28. The first-order valence-corrected chi connectivity index (χ1v) is 7.03. The Morgan fingerprint density at radius 3 is 2.63 bits per heavy atom. The molecule has 0 radical (unpaired) electrons. The Bertz CT molecular complexity index is 510. The maximum absolute atomic E-state index is 5.84. The SMILES string of the molecule is CNC1CCC(N(C)c2nc3ccccc3o2)CC1. The summed E-state index contributed by atoms with van der Waals surface area (Å²) >= 11 is 0. The van der Waals surface area contributed by atoms with E-state index in [-0.39, 0.29) is 0 Å². The molecule has 0 amide bonds. The van der Waals surface area contributed by atoms with Gasteiger partial charge in [-0.15, -0.1) is 0 Å². The Balaban J connectivity index is 1.74. The van der Waals surface area contributed by atoms with Crippen LogP contribution in [0.2, 0.25) is 0 Å². The van der Waals surface area contributed by atoms with Crippen LogP contribution in [0.1, 0.15) is 25.7 Å². The summed E-state index contributed by atoms with van der Waals surface area (Å²) in [4.78, 5) is 6.77. The number of anilines is 1. The standard InChI is InChI=1S/C15H21N3O/c1-16-11-7-9-12(10-8-11)18(2)15-17-13-5-3-4-6-14(13)19-15/h3-6,11-12,16H,7-10H2,1-2H3. The lowest BCUT2D eigenvalue weighted by Gasteiger charge is -2.33. The maximum atomic E-state index is 5.84. The van der Waals surface area contributed by atoms with Crippen molar-refractivity contribution in [2.75, 3.05) is 19.0 Å². The van der Waals surface area contributed by atoms with Gasteiger partial charge in [0.25, 0.3) is 6.01 Å². The quantitative estimate of drug-likeness (QED) is 0.920. The highest BCUT2D eigenvalue weighted by Crippen LogP contribution is 2.28. The third kappa shape index (κ3) is 2.45. The van der Waals surface area contributed by atoms with Crippen molar-refractivity contribution in [3.8, 4) is 0 Å². The van der Waals surface area contributed by atoms with Crippen molar-refractivity contribution in [3.05, 3.63) is 24.3 Å². The van der Waals surface area contributed by atoms with E-state index < -0.39 is 0 Å². The van der Waals surface area contributed by atoms with Gasteiger partial charge in [0.05, 0.1) is 0 Å². The summed E-state index contributed by atoms with van der Waals surface area (Å²) in [5.41, 5.74) is 1.81. The van der Waals surface area contributed by atoms with Crippen LogP contribution in [0, 0.1) is 0 Å². The van der Waals surface area contributed by atoms with Crippen molar-refractivity contribution >= 4 is 17.1 Å². The molecule has 4 heteroatoms. The van der Waals surface area contributed by atoms with Crippen molar-refractivity contribution in [2.24, 2.45) is 0 Å². The fourth-order valence-corrected chi connectivity index (χ4v) is 2.92. The number of fused-ring (bicyclic) bond motifs is 1. The van der Waals surface area contributed by atoms with Gasteiger partial charge in [0.1, 0.15) is 5.52 Å². The fraction of sp³-hybridized carbons (Fsp3) is 0.533. The molecule has 0 bridgehead atoms. The summed E-state index contributed by atoms with van der Waals surface area (Å²) in [5, 5.41) is 3.37. The van der Waals surface area contributed by atoms with Crippen LogP contribution in [0.15, 0.2) is 28.7 Å². The predicted molar refractivity (Wildman–Crippen MR) is 77.5 cm³/mol. The molecule has 3 rings (SSSR count). The van der Waals surface area contributed by atoms with Gasteiger partial charge in [-0.3, -0.25) is 0 Å². The molecule has 0 aliphatic heterocycles. The summed E-state index contributed by atoms with van der Waals surface area (Å²) in [6.07, 6.45) is 4.85. The molecule has 0 spiro atoms. The lowest BCUT2D eigenvalue weighted by atomic mass is 9.91. The van der Waals surface area contributed by atoms with E-state index >= 15 is 0 Å². The number of benzene rings is 1. The second kappa shape index (κ2) is 5.21. The van der Waals surface area contributed by atoms with Crippen LogP contribution in [0.4, 0.5) is 6.01 Å². The second-order valence-corrected chi connectivity index (χ2v) is 5.37. The van der Waals surface area contributed by atoms with Crippen LogP contribution < -0.4 is 10.2 Å². The number of para-hydroxylation sites is 2. The smallest absolute Gasteiger partial charge is 0.298 e. The Morgan fingerprint density at radius 1 is 1.21 bits per heavy atom. The van der Waals surface area contributed by atoms with Gasteiger partial charge in [0.2, 0.25) is 0 Å². The first kappa shape index (κ1) is 12.5. The van der Waals surface area contributed by atoms with Gasteiger partial charge in [0.15, 0.2) is 5.58 Å². The van der Waals surface area contributed by atoms with E-state index in [1.807, 2.05) is 24.3 Å². The minimum absolute atomic E-state index is 0.540. The van der Waals surface area contributed by atoms with Gasteiger partial charge in [-0.25, -0.2) is 0 Å². The average molecular weight is 259 g/mol. The molecule has 1 saturated carbocycles. The third-order valence-corrected chi connectivity index (χ3v) is 4.24. The van der Waals surface area contributed by atoms with Crippen molar-refractivity contribution in [3.63, 3.8) is 0 Å². The number of nitrogens with one attached hydrogen (secondary N) is 1. The minimum Gasteiger partial charge on any atom is -0.423 e. The highest BCUT2D eigenvalue weighted by molar-refractivity contribution is 5.74. The number of oxazole rings is 1. The lowest BCUT2D eigenvalue weighted by Crippen LogP contribution is -2.40. The largest absolute Gasteiger partial charge is 0.423 e. The Labute approximate surface area is 113 Å². The van der Waals surface area contributed by atoms with Crippen LogP contribution in [0.25, 0.3) is 11.1 Å². The zero-order valence-electron chi connectivity index (χ0n) is 11.6. The normalized spacial score (nSPS) is 23.7. The zero-order valence-corrected chi connectivity index (χ0v) is 11.6. The Kier molecular flexibility index (Phi) is 3.42. The molecular formula is C15H21N3O.